The van der Waals surface area contributed by atoms with Crippen molar-refractivity contribution in [3.63, 3.8) is 0 Å². The Labute approximate surface area is 255 Å². The molecule has 7 nitrogen and oxygen atoms in total. The van der Waals surface area contributed by atoms with Gasteiger partial charge in [0.15, 0.2) is 4.80 Å². The van der Waals surface area contributed by atoms with Crippen LogP contribution in [0.15, 0.2) is 81.7 Å². The molecule has 6 rings (SSSR count). The Morgan fingerprint density at radius 3 is 2.51 bits per heavy atom. The minimum absolute atomic E-state index is 0.193. The minimum atomic E-state index is -0.749. The first-order chi connectivity index (χ1) is 21.0. The van der Waals surface area contributed by atoms with Gasteiger partial charge < -0.3 is 14.4 Å². The molecule has 3 heterocycles. The zero-order chi connectivity index (χ0) is 29.9. The molecule has 4 aromatic rings. The zero-order valence-electron chi connectivity index (χ0n) is 25.0. The number of allylic oxidation sites excluding steroid dienone is 1. The average molecular weight is 596 g/mol. The number of nitrogens with zero attached hydrogens (tertiary/aromatic N) is 3. The maximum absolute atomic E-state index is 14.3. The molecule has 0 amide bonds. The van der Waals surface area contributed by atoms with Crippen LogP contribution >= 0.6 is 11.3 Å². The summed E-state index contributed by atoms with van der Waals surface area (Å²) in [5.41, 5.74) is 3.77. The van der Waals surface area contributed by atoms with Crippen LogP contribution in [0.3, 0.4) is 0 Å². The lowest BCUT2D eigenvalue weighted by Crippen LogP contribution is -2.40. The first-order valence-electron chi connectivity index (χ1n) is 15.2. The number of ether oxygens (including phenoxy) is 2. The second-order valence-electron chi connectivity index (χ2n) is 11.0. The quantitative estimate of drug-likeness (QED) is 0.243. The van der Waals surface area contributed by atoms with Crippen molar-refractivity contribution in [1.29, 1.82) is 0 Å². The van der Waals surface area contributed by atoms with Crippen molar-refractivity contribution in [3.8, 4) is 5.75 Å². The molecule has 8 heteroatoms. The van der Waals surface area contributed by atoms with Gasteiger partial charge in [0, 0.05) is 24.3 Å². The summed E-state index contributed by atoms with van der Waals surface area (Å²) in [6, 6.07) is 19.5. The lowest BCUT2D eigenvalue weighted by atomic mass is 9.90. The molecule has 3 aromatic carbocycles. The van der Waals surface area contributed by atoms with Gasteiger partial charge in [-0.3, -0.25) is 9.36 Å². The Morgan fingerprint density at radius 1 is 1.02 bits per heavy atom. The van der Waals surface area contributed by atoms with E-state index in [1.165, 1.54) is 36.3 Å². The number of thiazole rings is 1. The summed E-state index contributed by atoms with van der Waals surface area (Å²) in [5.74, 6) is 0.142. The molecule has 0 aliphatic carbocycles. The Hall–Kier alpha value is -4.17. The standard InChI is InChI=1S/C35H37N3O4S/c1-4-11-27-31(34(40)42-5-2)32(30-26-13-8-7-12-24(26)16-19-28(30)41-3)38-33(39)29(43-35(38)36-27)22-23-14-17-25(18-15-23)37-20-9-6-10-21-37/h7-8,12-19,22,32H,4-6,9-11,20-21H2,1-3H3/b29-22+/t32-/m1/s1. The van der Waals surface area contributed by atoms with Crippen molar-refractivity contribution in [2.75, 3.05) is 31.7 Å². The molecule has 0 N–H and O–H groups in total. The van der Waals surface area contributed by atoms with Crippen molar-refractivity contribution in [2.45, 2.75) is 52.0 Å². The van der Waals surface area contributed by atoms with E-state index in [1.807, 2.05) is 42.5 Å². The summed E-state index contributed by atoms with van der Waals surface area (Å²) in [4.78, 5) is 35.9. The third-order valence-corrected chi connectivity index (χ3v) is 9.21. The Kier molecular flexibility index (Phi) is 8.47. The molecule has 0 unspecified atom stereocenters. The molecule has 0 saturated carbocycles. The Bertz CT molecular complexity index is 1860. The maximum atomic E-state index is 14.3. The van der Waals surface area contributed by atoms with Gasteiger partial charge >= 0.3 is 5.97 Å². The van der Waals surface area contributed by atoms with Crippen LogP contribution in [0.25, 0.3) is 16.8 Å². The predicted octanol–water partition coefficient (Wildman–Crippen LogP) is 5.73. The van der Waals surface area contributed by atoms with Crippen LogP contribution < -0.4 is 24.5 Å². The average Bonchev–Trinajstić information content (AvgIpc) is 3.34. The van der Waals surface area contributed by atoms with Gasteiger partial charge in [-0.05, 0) is 73.2 Å². The number of anilines is 1. The topological polar surface area (TPSA) is 73.1 Å². The highest BCUT2D eigenvalue weighted by Gasteiger charge is 2.37. The summed E-state index contributed by atoms with van der Waals surface area (Å²) < 4.78 is 13.7. The van der Waals surface area contributed by atoms with E-state index in [2.05, 4.69) is 36.1 Å². The smallest absolute Gasteiger partial charge is 0.338 e. The molecule has 0 spiro atoms. The van der Waals surface area contributed by atoms with Crippen LogP contribution in [0.4, 0.5) is 5.69 Å². The summed E-state index contributed by atoms with van der Waals surface area (Å²) >= 11 is 1.35. The lowest BCUT2D eigenvalue weighted by molar-refractivity contribution is -0.139. The van der Waals surface area contributed by atoms with Crippen LogP contribution in [0, 0.1) is 0 Å². The number of benzene rings is 3. The summed E-state index contributed by atoms with van der Waals surface area (Å²) in [7, 11) is 1.62. The number of esters is 1. The normalized spacial score (nSPS) is 17.1. The van der Waals surface area contributed by atoms with E-state index in [-0.39, 0.29) is 12.2 Å². The third kappa shape index (κ3) is 5.52. The summed E-state index contributed by atoms with van der Waals surface area (Å²) in [6.45, 7) is 6.23. The van der Waals surface area contributed by atoms with Gasteiger partial charge in [-0.15, -0.1) is 0 Å². The highest BCUT2D eigenvalue weighted by atomic mass is 32.1. The highest BCUT2D eigenvalue weighted by Crippen LogP contribution is 2.41. The number of rotatable bonds is 8. The van der Waals surface area contributed by atoms with E-state index in [4.69, 9.17) is 14.5 Å². The first kappa shape index (κ1) is 28.9. The van der Waals surface area contributed by atoms with Crippen molar-refractivity contribution in [2.24, 2.45) is 4.99 Å². The fourth-order valence-corrected chi connectivity index (χ4v) is 7.23. The molecular formula is C35H37N3O4S. The largest absolute Gasteiger partial charge is 0.496 e. The number of fused-ring (bicyclic) bond motifs is 2. The van der Waals surface area contributed by atoms with Gasteiger partial charge in [0.05, 0.1) is 29.5 Å². The van der Waals surface area contributed by atoms with Crippen molar-refractivity contribution >= 4 is 39.8 Å². The molecule has 1 atom stereocenters. The second kappa shape index (κ2) is 12.6. The van der Waals surface area contributed by atoms with Crippen LogP contribution in [0.5, 0.6) is 5.75 Å². The van der Waals surface area contributed by atoms with E-state index >= 15 is 0 Å². The predicted molar refractivity (Wildman–Crippen MR) is 173 cm³/mol. The van der Waals surface area contributed by atoms with Gasteiger partial charge in [-0.2, -0.15) is 0 Å². The highest BCUT2D eigenvalue weighted by molar-refractivity contribution is 7.07. The molecule has 2 aliphatic rings. The number of hydrogen-bond donors (Lipinski definition) is 0. The molecular weight excluding hydrogens is 558 g/mol. The summed E-state index contributed by atoms with van der Waals surface area (Å²) in [6.07, 6.45) is 7.03. The number of carbonyl (C=O) groups is 1. The minimum Gasteiger partial charge on any atom is -0.496 e. The van der Waals surface area contributed by atoms with Crippen molar-refractivity contribution in [1.82, 2.24) is 4.57 Å². The Morgan fingerprint density at radius 2 is 1.79 bits per heavy atom. The molecule has 1 fully saturated rings. The van der Waals surface area contributed by atoms with Gasteiger partial charge in [0.25, 0.3) is 5.56 Å². The number of aromatic nitrogens is 1. The summed E-state index contributed by atoms with van der Waals surface area (Å²) in [5, 5.41) is 1.90. The van der Waals surface area contributed by atoms with Gasteiger partial charge in [-0.25, -0.2) is 9.79 Å². The fraction of sp³-hybridized carbons (Fsp3) is 0.343. The number of hydrogen-bond acceptors (Lipinski definition) is 7. The number of methoxy groups -OCH3 is 1. The number of carbonyl (C=O) groups excluding carboxylic acids is 1. The Balaban J connectivity index is 1.56. The molecule has 0 radical (unpaired) electrons. The van der Waals surface area contributed by atoms with E-state index in [9.17, 15) is 9.59 Å². The molecule has 43 heavy (non-hydrogen) atoms. The van der Waals surface area contributed by atoms with E-state index in [1.54, 1.807) is 18.6 Å². The van der Waals surface area contributed by atoms with E-state index in [0.717, 1.165) is 41.4 Å². The molecule has 1 aromatic heterocycles. The molecule has 1 saturated heterocycles. The van der Waals surface area contributed by atoms with E-state index in [0.29, 0.717) is 32.8 Å². The number of piperidine rings is 1. The fourth-order valence-electron chi connectivity index (χ4n) is 6.21. The second-order valence-corrected chi connectivity index (χ2v) is 12.0. The molecule has 222 valence electrons. The van der Waals surface area contributed by atoms with Gasteiger partial charge in [-0.1, -0.05) is 67.1 Å². The molecule has 2 aliphatic heterocycles. The SMILES string of the molecule is CCCC1=C(C(=O)OCC)[C@@H](c2c(OC)ccc3ccccc23)n2c(s/c(=C/c3ccc(N4CCCCC4)cc3)c2=O)=N1. The van der Waals surface area contributed by atoms with Crippen LogP contribution in [0.2, 0.25) is 0 Å². The maximum Gasteiger partial charge on any atom is 0.338 e. The van der Waals surface area contributed by atoms with Crippen molar-refractivity contribution < 1.29 is 14.3 Å². The molecule has 0 bridgehead atoms. The van der Waals surface area contributed by atoms with Crippen LogP contribution in [0.1, 0.15) is 63.1 Å². The lowest BCUT2D eigenvalue weighted by Gasteiger charge is -2.28. The van der Waals surface area contributed by atoms with Crippen molar-refractivity contribution in [3.05, 3.63) is 103 Å². The zero-order valence-corrected chi connectivity index (χ0v) is 25.8. The monoisotopic (exact) mass is 595 g/mol. The van der Waals surface area contributed by atoms with E-state index < -0.39 is 12.0 Å². The van der Waals surface area contributed by atoms with Gasteiger partial charge in [0.2, 0.25) is 0 Å². The van der Waals surface area contributed by atoms with Gasteiger partial charge in [0.1, 0.15) is 11.8 Å². The third-order valence-electron chi connectivity index (χ3n) is 8.23. The van der Waals surface area contributed by atoms with Crippen LogP contribution in [-0.4, -0.2) is 37.3 Å². The first-order valence-corrected chi connectivity index (χ1v) is 16.0. The van der Waals surface area contributed by atoms with Crippen LogP contribution in [-0.2, 0) is 9.53 Å².